The van der Waals surface area contributed by atoms with E-state index in [1.54, 1.807) is 24.4 Å². The second-order valence-electron chi connectivity index (χ2n) is 10.6. The summed E-state index contributed by atoms with van der Waals surface area (Å²) in [4.78, 5) is 33.7. The number of benzene rings is 1. The lowest BCUT2D eigenvalue weighted by Crippen LogP contribution is -2.47. The molecule has 1 aromatic carbocycles. The van der Waals surface area contributed by atoms with Gasteiger partial charge in [0, 0.05) is 64.2 Å². The Morgan fingerprint density at radius 1 is 1.00 bits per heavy atom. The number of carbonyl (C=O) groups is 1. The third-order valence-electron chi connectivity index (χ3n) is 7.63. The van der Waals surface area contributed by atoms with Crippen LogP contribution in [0.2, 0.25) is 0 Å². The number of hydrogen-bond donors (Lipinski definition) is 1. The molecule has 0 atom stereocenters. The van der Waals surface area contributed by atoms with E-state index < -0.39 is 5.82 Å². The Morgan fingerprint density at radius 3 is 2.46 bits per heavy atom. The third kappa shape index (κ3) is 5.68. The normalized spacial score (nSPS) is 18.8. The first-order valence-electron chi connectivity index (χ1n) is 13.6. The van der Waals surface area contributed by atoms with Gasteiger partial charge in [-0.2, -0.15) is 0 Å². The first kappa shape index (κ1) is 25.5. The minimum Gasteiger partial charge on any atom is -0.497 e. The maximum atomic E-state index is 14.4. The van der Waals surface area contributed by atoms with E-state index in [0.29, 0.717) is 54.7 Å². The molecule has 2 aromatic heterocycles. The molecule has 0 bridgehead atoms. The van der Waals surface area contributed by atoms with Crippen molar-refractivity contribution in [3.63, 3.8) is 0 Å². The van der Waals surface area contributed by atoms with Crippen molar-refractivity contribution >= 4 is 28.6 Å². The summed E-state index contributed by atoms with van der Waals surface area (Å²) in [5.74, 6) is 1.72. The standard InChI is InChI=1S/C28H34FN7O3/c1-34-11-13-36(14-12-34)28(37)23-16-22-24(17-30-23)33-27(26(32-22)31-18-3-4-18)35-9-7-19(8-10-35)39-25-6-5-20(38-2)15-21(25)29/h5-6,15-19H,3-4,7-14H2,1-2H3,(H,31,32). The topological polar surface area (TPSA) is 96.0 Å². The van der Waals surface area contributed by atoms with Crippen molar-refractivity contribution in [3.8, 4) is 11.5 Å². The first-order valence-corrected chi connectivity index (χ1v) is 13.6. The molecule has 3 aliphatic rings. The molecule has 1 N–H and O–H groups in total. The van der Waals surface area contributed by atoms with Gasteiger partial charge in [-0.25, -0.2) is 19.3 Å². The van der Waals surface area contributed by atoms with Crippen molar-refractivity contribution in [2.45, 2.75) is 37.8 Å². The summed E-state index contributed by atoms with van der Waals surface area (Å²) >= 11 is 0. The Labute approximate surface area is 227 Å². The average Bonchev–Trinajstić information content (AvgIpc) is 3.78. The molecule has 3 aromatic rings. The number of ether oxygens (including phenoxy) is 2. The molecule has 3 fully saturated rings. The number of halogens is 1. The number of fused-ring (bicyclic) bond motifs is 1. The lowest BCUT2D eigenvalue weighted by atomic mass is 10.1. The molecule has 2 aliphatic heterocycles. The van der Waals surface area contributed by atoms with Gasteiger partial charge in [0.05, 0.1) is 18.8 Å². The fourth-order valence-electron chi connectivity index (χ4n) is 5.05. The van der Waals surface area contributed by atoms with E-state index in [9.17, 15) is 9.18 Å². The summed E-state index contributed by atoms with van der Waals surface area (Å²) in [7, 11) is 3.57. The minimum atomic E-state index is -0.425. The number of pyridine rings is 1. The molecule has 206 valence electrons. The average molecular weight is 536 g/mol. The zero-order valence-electron chi connectivity index (χ0n) is 22.4. The highest BCUT2D eigenvalue weighted by molar-refractivity contribution is 5.95. The largest absolute Gasteiger partial charge is 0.497 e. The van der Waals surface area contributed by atoms with Gasteiger partial charge in [0.2, 0.25) is 0 Å². The van der Waals surface area contributed by atoms with Crippen molar-refractivity contribution in [1.82, 2.24) is 24.8 Å². The molecule has 4 heterocycles. The SMILES string of the molecule is COc1ccc(OC2CCN(c3nc4cnc(C(=O)N5CCN(C)CC5)cc4nc3NC3CC3)CC2)c(F)c1. The highest BCUT2D eigenvalue weighted by Gasteiger charge is 2.29. The Morgan fingerprint density at radius 2 is 1.77 bits per heavy atom. The smallest absolute Gasteiger partial charge is 0.272 e. The van der Waals surface area contributed by atoms with Crippen LogP contribution in [0.25, 0.3) is 11.0 Å². The number of amides is 1. The monoisotopic (exact) mass is 535 g/mol. The number of carbonyl (C=O) groups excluding carboxylic acids is 1. The van der Waals surface area contributed by atoms with Crippen LogP contribution in [0.3, 0.4) is 0 Å². The maximum Gasteiger partial charge on any atom is 0.272 e. The zero-order valence-corrected chi connectivity index (χ0v) is 22.4. The number of anilines is 2. The van der Waals surface area contributed by atoms with Crippen LogP contribution >= 0.6 is 0 Å². The quantitative estimate of drug-likeness (QED) is 0.489. The summed E-state index contributed by atoms with van der Waals surface area (Å²) in [6.45, 7) is 4.51. The molecule has 0 spiro atoms. The van der Waals surface area contributed by atoms with Gasteiger partial charge in [-0.15, -0.1) is 0 Å². The number of likely N-dealkylation sites (N-methyl/N-ethyl adjacent to an activating group) is 1. The summed E-state index contributed by atoms with van der Waals surface area (Å²) < 4.78 is 25.4. The van der Waals surface area contributed by atoms with E-state index >= 15 is 0 Å². The number of hydrogen-bond acceptors (Lipinski definition) is 9. The molecule has 2 saturated heterocycles. The van der Waals surface area contributed by atoms with E-state index in [2.05, 4.69) is 27.1 Å². The summed E-state index contributed by atoms with van der Waals surface area (Å²) in [6, 6.07) is 6.80. The molecule has 1 amide bonds. The van der Waals surface area contributed by atoms with Gasteiger partial charge in [-0.1, -0.05) is 0 Å². The Bertz CT molecular complexity index is 1350. The number of rotatable bonds is 7. The lowest BCUT2D eigenvalue weighted by Gasteiger charge is -2.34. The summed E-state index contributed by atoms with van der Waals surface area (Å²) in [5, 5.41) is 3.53. The van der Waals surface area contributed by atoms with Gasteiger partial charge in [0.1, 0.15) is 23.1 Å². The lowest BCUT2D eigenvalue weighted by molar-refractivity contribution is 0.0658. The third-order valence-corrected chi connectivity index (χ3v) is 7.63. The van der Waals surface area contributed by atoms with Gasteiger partial charge in [0.25, 0.3) is 5.91 Å². The number of nitrogens with zero attached hydrogens (tertiary/aromatic N) is 6. The van der Waals surface area contributed by atoms with Crippen LogP contribution in [-0.4, -0.2) is 96.2 Å². The number of piperidine rings is 1. The van der Waals surface area contributed by atoms with Crippen molar-refractivity contribution in [2.24, 2.45) is 0 Å². The van der Waals surface area contributed by atoms with Crippen LogP contribution in [-0.2, 0) is 0 Å². The van der Waals surface area contributed by atoms with Gasteiger partial charge in [0.15, 0.2) is 23.2 Å². The van der Waals surface area contributed by atoms with Crippen molar-refractivity contribution in [2.75, 3.05) is 63.6 Å². The van der Waals surface area contributed by atoms with Crippen molar-refractivity contribution < 1.29 is 18.7 Å². The van der Waals surface area contributed by atoms with Crippen LogP contribution in [0.1, 0.15) is 36.2 Å². The molecule has 11 heteroatoms. The predicted octanol–water partition coefficient (Wildman–Crippen LogP) is 3.18. The van der Waals surface area contributed by atoms with Crippen LogP contribution < -0.4 is 19.7 Å². The number of nitrogens with one attached hydrogen (secondary N) is 1. The molecule has 6 rings (SSSR count). The molecule has 1 aliphatic carbocycles. The van der Waals surface area contributed by atoms with E-state index in [4.69, 9.17) is 19.4 Å². The van der Waals surface area contributed by atoms with Gasteiger partial charge >= 0.3 is 0 Å². The molecule has 1 saturated carbocycles. The van der Waals surface area contributed by atoms with Gasteiger partial charge in [-0.3, -0.25) is 4.79 Å². The first-order chi connectivity index (χ1) is 19.0. The highest BCUT2D eigenvalue weighted by Crippen LogP contribution is 2.33. The van der Waals surface area contributed by atoms with Crippen molar-refractivity contribution in [3.05, 3.63) is 42.0 Å². The molecular formula is C28H34FN7O3. The maximum absolute atomic E-state index is 14.4. The van der Waals surface area contributed by atoms with Crippen molar-refractivity contribution in [1.29, 1.82) is 0 Å². The Kier molecular flexibility index (Phi) is 7.07. The number of methoxy groups -OCH3 is 1. The molecule has 0 unspecified atom stereocenters. The summed E-state index contributed by atoms with van der Waals surface area (Å²) in [5.41, 5.74) is 1.71. The van der Waals surface area contributed by atoms with Crippen LogP contribution in [0.15, 0.2) is 30.5 Å². The second kappa shape index (κ2) is 10.8. The van der Waals surface area contributed by atoms with E-state index in [0.717, 1.165) is 50.4 Å². The fourth-order valence-corrected chi connectivity index (χ4v) is 5.05. The fraction of sp³-hybridized carbons (Fsp3) is 0.500. The number of aromatic nitrogens is 3. The molecule has 39 heavy (non-hydrogen) atoms. The second-order valence-corrected chi connectivity index (χ2v) is 10.6. The van der Waals surface area contributed by atoms with Crippen LogP contribution in [0, 0.1) is 5.82 Å². The van der Waals surface area contributed by atoms with Crippen LogP contribution in [0.5, 0.6) is 11.5 Å². The zero-order chi connectivity index (χ0) is 26.9. The molecule has 10 nitrogen and oxygen atoms in total. The highest BCUT2D eigenvalue weighted by atomic mass is 19.1. The molecule has 0 radical (unpaired) electrons. The Hall–Kier alpha value is -3.73. The van der Waals surface area contributed by atoms with Crippen LogP contribution in [0.4, 0.5) is 16.0 Å². The van der Waals surface area contributed by atoms with E-state index in [1.807, 2.05) is 4.90 Å². The predicted molar refractivity (Wildman–Crippen MR) is 146 cm³/mol. The summed E-state index contributed by atoms with van der Waals surface area (Å²) in [6.07, 6.45) is 5.22. The van der Waals surface area contributed by atoms with Gasteiger partial charge in [-0.05, 0) is 38.1 Å². The van der Waals surface area contributed by atoms with E-state index in [-0.39, 0.29) is 17.8 Å². The van der Waals surface area contributed by atoms with E-state index in [1.165, 1.54) is 13.2 Å². The molecular weight excluding hydrogens is 501 g/mol. The minimum absolute atomic E-state index is 0.0667. The van der Waals surface area contributed by atoms with Gasteiger partial charge < -0.3 is 29.5 Å². The number of piperazine rings is 1. The Balaban J connectivity index is 1.18.